The summed E-state index contributed by atoms with van der Waals surface area (Å²) in [4.78, 5) is 20.4. The summed E-state index contributed by atoms with van der Waals surface area (Å²) in [6.07, 6.45) is 3.95. The number of carbonyl (C=O) groups is 2. The molecule has 0 bridgehead atoms. The molecule has 0 heterocycles. The monoisotopic (exact) mass is 320 g/mol. The van der Waals surface area contributed by atoms with Gasteiger partial charge in [0.1, 0.15) is 11.6 Å². The Labute approximate surface area is 143 Å². The van der Waals surface area contributed by atoms with Crippen LogP contribution in [0.25, 0.3) is 0 Å². The van der Waals surface area contributed by atoms with Gasteiger partial charge < -0.3 is 9.59 Å². The number of benzene rings is 1. The molecule has 132 valence electrons. The van der Waals surface area contributed by atoms with Crippen LogP contribution < -0.4 is 0 Å². The van der Waals surface area contributed by atoms with Crippen LogP contribution in [-0.2, 0) is 16.0 Å². The second-order valence-corrected chi connectivity index (χ2v) is 6.76. The second-order valence-electron chi connectivity index (χ2n) is 6.76. The Balaban J connectivity index is 0. The molecule has 0 saturated heterocycles. The van der Waals surface area contributed by atoms with E-state index >= 15 is 0 Å². The molecular weight excluding hydrogens is 284 g/mol. The third-order valence-corrected chi connectivity index (χ3v) is 3.36. The number of rotatable bonds is 6. The summed E-state index contributed by atoms with van der Waals surface area (Å²) in [6.45, 7) is 15.4. The molecule has 0 aliphatic carbocycles. The largest absolute Gasteiger partial charge is 0.300 e. The van der Waals surface area contributed by atoms with Gasteiger partial charge in [-0.25, -0.2) is 0 Å². The molecule has 0 saturated carbocycles. The van der Waals surface area contributed by atoms with E-state index in [0.717, 1.165) is 19.3 Å². The molecule has 23 heavy (non-hydrogen) atoms. The molecule has 0 spiro atoms. The fourth-order valence-electron chi connectivity index (χ4n) is 1.88. The lowest BCUT2D eigenvalue weighted by atomic mass is 9.81. The lowest BCUT2D eigenvalue weighted by Crippen LogP contribution is -2.14. The average Bonchev–Trinajstić information content (AvgIpc) is 2.46. The number of aryl methyl sites for hydroxylation is 2. The van der Waals surface area contributed by atoms with Crippen LogP contribution in [0.3, 0.4) is 0 Å². The molecule has 0 aliphatic rings. The van der Waals surface area contributed by atoms with Gasteiger partial charge in [-0.05, 0) is 57.9 Å². The minimum Gasteiger partial charge on any atom is -0.300 e. The Bertz CT molecular complexity index is 437. The summed E-state index contributed by atoms with van der Waals surface area (Å²) >= 11 is 0. The van der Waals surface area contributed by atoms with Crippen molar-refractivity contribution in [1.29, 1.82) is 0 Å². The van der Waals surface area contributed by atoms with Crippen molar-refractivity contribution in [3.8, 4) is 0 Å². The summed E-state index contributed by atoms with van der Waals surface area (Å²) in [5.41, 5.74) is 2.97. The van der Waals surface area contributed by atoms with E-state index in [9.17, 15) is 9.59 Å². The van der Waals surface area contributed by atoms with E-state index in [2.05, 4.69) is 45.0 Å². The first-order valence-electron chi connectivity index (χ1n) is 8.64. The van der Waals surface area contributed by atoms with Crippen LogP contribution in [0.15, 0.2) is 24.3 Å². The molecule has 1 rings (SSSR count). The van der Waals surface area contributed by atoms with Gasteiger partial charge in [-0.15, -0.1) is 0 Å². The van der Waals surface area contributed by atoms with Gasteiger partial charge in [-0.2, -0.15) is 0 Å². The number of Topliss-reactive ketones (excluding diaryl/α,β-unsaturated/α-hetero) is 2. The Morgan fingerprint density at radius 3 is 1.74 bits per heavy atom. The summed E-state index contributed by atoms with van der Waals surface area (Å²) in [5, 5.41) is 0. The van der Waals surface area contributed by atoms with Gasteiger partial charge in [0.25, 0.3) is 0 Å². The highest BCUT2D eigenvalue weighted by Gasteiger charge is 2.18. The number of ketones is 2. The maximum atomic E-state index is 11.0. The van der Waals surface area contributed by atoms with Crippen molar-refractivity contribution in [2.75, 3.05) is 0 Å². The topological polar surface area (TPSA) is 34.1 Å². The predicted octanol–water partition coefficient (Wildman–Crippen LogP) is 5.94. The fraction of sp³-hybridized carbons (Fsp3) is 0.619. The Kier molecular flexibility index (Phi) is 13.5. The number of carbonyl (C=O) groups excluding carboxylic acids is 2. The van der Waals surface area contributed by atoms with E-state index < -0.39 is 0 Å². The smallest absolute Gasteiger partial charge is 0.129 e. The lowest BCUT2D eigenvalue weighted by Gasteiger charge is -2.24. The molecule has 0 radical (unpaired) electrons. The molecule has 0 fully saturated rings. The minimum atomic E-state index is 0.167. The average molecular weight is 321 g/mol. The van der Waals surface area contributed by atoms with Crippen LogP contribution in [0.4, 0.5) is 0 Å². The van der Waals surface area contributed by atoms with Crippen LogP contribution >= 0.6 is 0 Å². The van der Waals surface area contributed by atoms with Gasteiger partial charge in [0, 0.05) is 6.42 Å². The van der Waals surface area contributed by atoms with Crippen molar-refractivity contribution in [1.82, 2.24) is 0 Å². The Morgan fingerprint density at radius 1 is 0.913 bits per heavy atom. The minimum absolute atomic E-state index is 0.167. The van der Waals surface area contributed by atoms with E-state index in [4.69, 9.17) is 0 Å². The quantitative estimate of drug-likeness (QED) is 0.649. The number of hydrogen-bond acceptors (Lipinski definition) is 2. The summed E-state index contributed by atoms with van der Waals surface area (Å²) in [5.74, 6) is 0.466. The van der Waals surface area contributed by atoms with Gasteiger partial charge >= 0.3 is 0 Å². The molecule has 0 aromatic heterocycles. The maximum Gasteiger partial charge on any atom is 0.129 e. The third-order valence-electron chi connectivity index (χ3n) is 3.36. The van der Waals surface area contributed by atoms with E-state index in [1.807, 2.05) is 13.8 Å². The molecule has 2 heteroatoms. The fourth-order valence-corrected chi connectivity index (χ4v) is 1.88. The molecule has 1 aromatic carbocycles. The summed E-state index contributed by atoms with van der Waals surface area (Å²) in [6, 6.07) is 8.74. The van der Waals surface area contributed by atoms with E-state index in [0.29, 0.717) is 12.2 Å². The Hall–Kier alpha value is -1.44. The summed E-state index contributed by atoms with van der Waals surface area (Å²) < 4.78 is 0. The van der Waals surface area contributed by atoms with Crippen LogP contribution in [0.5, 0.6) is 0 Å². The molecule has 0 amide bonds. The van der Waals surface area contributed by atoms with Crippen molar-refractivity contribution in [2.24, 2.45) is 5.41 Å². The normalized spacial score (nSPS) is 9.91. The highest BCUT2D eigenvalue weighted by Crippen LogP contribution is 2.28. The third kappa shape index (κ3) is 16.8. The zero-order valence-electron chi connectivity index (χ0n) is 16.5. The van der Waals surface area contributed by atoms with Crippen LogP contribution in [0.1, 0.15) is 78.9 Å². The van der Waals surface area contributed by atoms with Crippen LogP contribution in [0, 0.1) is 12.3 Å². The number of hydrogen-bond donors (Lipinski definition) is 0. The van der Waals surface area contributed by atoms with Gasteiger partial charge in [-0.3, -0.25) is 0 Å². The van der Waals surface area contributed by atoms with Crippen molar-refractivity contribution in [2.45, 2.75) is 81.1 Å². The molecule has 0 unspecified atom stereocenters. The first-order chi connectivity index (χ1) is 10.6. The lowest BCUT2D eigenvalue weighted by molar-refractivity contribution is -0.117. The zero-order valence-corrected chi connectivity index (χ0v) is 16.5. The zero-order chi connectivity index (χ0) is 18.5. The van der Waals surface area contributed by atoms with Crippen molar-refractivity contribution in [3.63, 3.8) is 0 Å². The highest BCUT2D eigenvalue weighted by atomic mass is 16.1. The molecular formula is C21H36O2. The molecule has 0 aliphatic heterocycles. The van der Waals surface area contributed by atoms with Crippen molar-refractivity contribution >= 4 is 11.6 Å². The van der Waals surface area contributed by atoms with E-state index in [1.54, 1.807) is 6.92 Å². The standard InChI is InChI=1S/C16H24O.C3H6O.C2H6/c1-13-5-7-15(8-6-13)10-12-16(3,4)11-9-14(2)17;1-3(2)4;1-2/h5-8H,9-12H2,1-4H3;1-2H3;1-2H3. The predicted molar refractivity (Wildman–Crippen MR) is 101 cm³/mol. The first kappa shape index (κ1) is 23.8. The van der Waals surface area contributed by atoms with Crippen LogP contribution in [-0.4, -0.2) is 11.6 Å². The summed E-state index contributed by atoms with van der Waals surface area (Å²) in [7, 11) is 0. The van der Waals surface area contributed by atoms with Gasteiger partial charge in [0.05, 0.1) is 0 Å². The Morgan fingerprint density at radius 2 is 1.35 bits per heavy atom. The van der Waals surface area contributed by atoms with E-state index in [-0.39, 0.29) is 11.2 Å². The molecule has 0 N–H and O–H groups in total. The van der Waals surface area contributed by atoms with Crippen molar-refractivity contribution < 1.29 is 9.59 Å². The molecule has 2 nitrogen and oxygen atoms in total. The SMILES string of the molecule is CC.CC(=O)CCC(C)(C)CCc1ccc(C)cc1.CC(C)=O. The van der Waals surface area contributed by atoms with Gasteiger partial charge in [0.2, 0.25) is 0 Å². The van der Waals surface area contributed by atoms with Crippen molar-refractivity contribution in [3.05, 3.63) is 35.4 Å². The van der Waals surface area contributed by atoms with Gasteiger partial charge in [0.15, 0.2) is 0 Å². The highest BCUT2D eigenvalue weighted by molar-refractivity contribution is 5.75. The van der Waals surface area contributed by atoms with E-state index in [1.165, 1.54) is 25.0 Å². The second kappa shape index (κ2) is 13.0. The molecule has 1 aromatic rings. The maximum absolute atomic E-state index is 11.0. The van der Waals surface area contributed by atoms with Gasteiger partial charge in [-0.1, -0.05) is 57.5 Å². The first-order valence-corrected chi connectivity index (χ1v) is 8.64. The molecule has 0 atom stereocenters. The van der Waals surface area contributed by atoms with Crippen LogP contribution in [0.2, 0.25) is 0 Å².